The van der Waals surface area contributed by atoms with Crippen LogP contribution >= 0.6 is 0 Å². The molecule has 3 heteroatoms. The normalized spacial score (nSPS) is 34.4. The fourth-order valence-corrected chi connectivity index (χ4v) is 5.74. The van der Waals surface area contributed by atoms with E-state index in [-0.39, 0.29) is 11.3 Å². The van der Waals surface area contributed by atoms with E-state index in [1.807, 2.05) is 24.3 Å². The maximum absolute atomic E-state index is 13.3. The molecule has 4 fully saturated rings. The Morgan fingerprint density at radius 1 is 1.09 bits per heavy atom. The van der Waals surface area contributed by atoms with E-state index in [1.54, 1.807) is 0 Å². The van der Waals surface area contributed by atoms with Crippen molar-refractivity contribution >= 4 is 11.7 Å². The molecule has 0 spiro atoms. The van der Waals surface area contributed by atoms with Gasteiger partial charge in [0.15, 0.2) is 5.78 Å². The minimum Gasteiger partial charge on any atom is -0.352 e. The van der Waals surface area contributed by atoms with E-state index >= 15 is 0 Å². The highest BCUT2D eigenvalue weighted by Gasteiger charge is 2.54. The van der Waals surface area contributed by atoms with Crippen molar-refractivity contribution < 1.29 is 9.59 Å². The third-order valence-corrected chi connectivity index (χ3v) is 6.25. The van der Waals surface area contributed by atoms with E-state index in [2.05, 4.69) is 5.32 Å². The Labute approximate surface area is 137 Å². The number of nitrogens with one attached hydrogen (secondary N) is 1. The lowest BCUT2D eigenvalue weighted by atomic mass is 9.48. The predicted octanol–water partition coefficient (Wildman–Crippen LogP) is 3.72. The second kappa shape index (κ2) is 5.47. The SMILES string of the molecule is CC(=O)NCc1cccc(C(=O)C23CC4CC(CC(C4)C2)C3)c1. The van der Waals surface area contributed by atoms with Gasteiger partial charge < -0.3 is 5.32 Å². The van der Waals surface area contributed by atoms with E-state index in [0.29, 0.717) is 12.3 Å². The minimum absolute atomic E-state index is 0.0391. The number of carbonyl (C=O) groups is 2. The summed E-state index contributed by atoms with van der Waals surface area (Å²) in [5, 5.41) is 2.81. The van der Waals surface area contributed by atoms with E-state index in [4.69, 9.17) is 0 Å². The van der Waals surface area contributed by atoms with Crippen LogP contribution < -0.4 is 5.32 Å². The Kier molecular flexibility index (Phi) is 3.55. The highest BCUT2D eigenvalue weighted by atomic mass is 16.1. The first-order chi connectivity index (χ1) is 11.0. The molecule has 5 rings (SSSR count). The van der Waals surface area contributed by atoms with Crippen molar-refractivity contribution in [3.8, 4) is 0 Å². The average molecular weight is 311 g/mol. The van der Waals surface area contributed by atoms with Crippen LogP contribution in [-0.4, -0.2) is 11.7 Å². The Bertz CT molecular complexity index is 614. The van der Waals surface area contributed by atoms with Gasteiger partial charge in [0.2, 0.25) is 5.91 Å². The van der Waals surface area contributed by atoms with Crippen molar-refractivity contribution in [1.82, 2.24) is 5.32 Å². The number of Topliss-reactive ketones (excluding diaryl/α,β-unsaturated/α-hetero) is 1. The van der Waals surface area contributed by atoms with Gasteiger partial charge in [0.1, 0.15) is 0 Å². The van der Waals surface area contributed by atoms with E-state index < -0.39 is 0 Å². The van der Waals surface area contributed by atoms with Crippen molar-refractivity contribution in [1.29, 1.82) is 0 Å². The van der Waals surface area contributed by atoms with Crippen LogP contribution in [0.3, 0.4) is 0 Å². The zero-order valence-electron chi connectivity index (χ0n) is 13.8. The number of ketones is 1. The topological polar surface area (TPSA) is 46.2 Å². The molecule has 122 valence electrons. The van der Waals surface area contributed by atoms with Crippen molar-refractivity contribution in [3.63, 3.8) is 0 Å². The lowest BCUT2D eigenvalue weighted by molar-refractivity contribution is -0.119. The molecule has 1 aromatic rings. The molecule has 4 bridgehead atoms. The molecular formula is C20H25NO2. The summed E-state index contributed by atoms with van der Waals surface area (Å²) in [7, 11) is 0. The minimum atomic E-state index is -0.0820. The molecular weight excluding hydrogens is 286 g/mol. The van der Waals surface area contributed by atoms with Crippen LogP contribution in [0.25, 0.3) is 0 Å². The van der Waals surface area contributed by atoms with Gasteiger partial charge >= 0.3 is 0 Å². The largest absolute Gasteiger partial charge is 0.352 e. The second-order valence-electron chi connectivity index (χ2n) is 8.14. The van der Waals surface area contributed by atoms with E-state index in [1.165, 1.54) is 26.2 Å². The smallest absolute Gasteiger partial charge is 0.217 e. The first kappa shape index (κ1) is 14.9. The summed E-state index contributed by atoms with van der Waals surface area (Å²) < 4.78 is 0. The molecule has 1 amide bonds. The molecule has 0 unspecified atom stereocenters. The number of hydrogen-bond donors (Lipinski definition) is 1. The van der Waals surface area contributed by atoms with Gasteiger partial charge in [-0.05, 0) is 67.9 Å². The van der Waals surface area contributed by atoms with Gasteiger partial charge in [-0.3, -0.25) is 9.59 Å². The average Bonchev–Trinajstić information content (AvgIpc) is 2.51. The molecule has 0 aliphatic heterocycles. The maximum Gasteiger partial charge on any atom is 0.217 e. The standard InChI is InChI=1S/C20H25NO2/c1-13(22)21-12-14-3-2-4-18(8-14)19(23)20-9-15-5-16(10-20)7-17(6-15)11-20/h2-4,8,15-17H,5-7,9-12H2,1H3,(H,21,22). The molecule has 3 nitrogen and oxygen atoms in total. The number of hydrogen-bond acceptors (Lipinski definition) is 2. The molecule has 23 heavy (non-hydrogen) atoms. The van der Waals surface area contributed by atoms with E-state index in [9.17, 15) is 9.59 Å². The Morgan fingerprint density at radius 3 is 2.26 bits per heavy atom. The third kappa shape index (κ3) is 2.71. The van der Waals surface area contributed by atoms with Gasteiger partial charge in [0.25, 0.3) is 0 Å². The lowest BCUT2D eigenvalue weighted by Crippen LogP contribution is -2.50. The highest BCUT2D eigenvalue weighted by Crippen LogP contribution is 2.60. The number of amides is 1. The molecule has 4 aliphatic rings. The predicted molar refractivity (Wildman–Crippen MR) is 88.9 cm³/mol. The quantitative estimate of drug-likeness (QED) is 0.861. The summed E-state index contributed by atoms with van der Waals surface area (Å²) in [5.41, 5.74) is 1.77. The molecule has 4 aliphatic carbocycles. The van der Waals surface area contributed by atoms with Crippen LogP contribution in [0.2, 0.25) is 0 Å². The summed E-state index contributed by atoms with van der Waals surface area (Å²) in [5.74, 6) is 2.68. The fraction of sp³-hybridized carbons (Fsp3) is 0.600. The van der Waals surface area contributed by atoms with Gasteiger partial charge in [-0.2, -0.15) is 0 Å². The summed E-state index contributed by atoms with van der Waals surface area (Å²) in [6.45, 7) is 2.02. The zero-order valence-corrected chi connectivity index (χ0v) is 13.8. The number of benzene rings is 1. The van der Waals surface area contributed by atoms with Crippen LogP contribution in [0.4, 0.5) is 0 Å². The van der Waals surface area contributed by atoms with Crippen LogP contribution in [0.1, 0.15) is 61.4 Å². The summed E-state index contributed by atoms with van der Waals surface area (Å²) in [4.78, 5) is 24.4. The van der Waals surface area contributed by atoms with Crippen molar-refractivity contribution in [2.75, 3.05) is 0 Å². The maximum atomic E-state index is 13.3. The lowest BCUT2D eigenvalue weighted by Gasteiger charge is -2.56. The number of carbonyl (C=O) groups excluding carboxylic acids is 2. The molecule has 0 saturated heterocycles. The summed E-state index contributed by atoms with van der Waals surface area (Å²) in [6, 6.07) is 7.87. The third-order valence-electron chi connectivity index (χ3n) is 6.25. The van der Waals surface area contributed by atoms with Crippen LogP contribution in [0.15, 0.2) is 24.3 Å². The number of rotatable bonds is 4. The first-order valence-corrected chi connectivity index (χ1v) is 8.92. The van der Waals surface area contributed by atoms with Crippen LogP contribution in [-0.2, 0) is 11.3 Å². The monoisotopic (exact) mass is 311 g/mol. The van der Waals surface area contributed by atoms with Gasteiger partial charge in [0.05, 0.1) is 0 Å². The molecule has 1 N–H and O–H groups in total. The highest BCUT2D eigenvalue weighted by molar-refractivity contribution is 6.01. The Morgan fingerprint density at radius 2 is 1.70 bits per heavy atom. The first-order valence-electron chi connectivity index (χ1n) is 8.92. The Hall–Kier alpha value is -1.64. The van der Waals surface area contributed by atoms with Crippen LogP contribution in [0.5, 0.6) is 0 Å². The van der Waals surface area contributed by atoms with Gasteiger partial charge in [-0.15, -0.1) is 0 Å². The van der Waals surface area contributed by atoms with Gasteiger partial charge in [-0.1, -0.05) is 18.2 Å². The van der Waals surface area contributed by atoms with E-state index in [0.717, 1.165) is 48.1 Å². The van der Waals surface area contributed by atoms with Crippen molar-refractivity contribution in [3.05, 3.63) is 35.4 Å². The molecule has 4 saturated carbocycles. The molecule has 0 atom stereocenters. The van der Waals surface area contributed by atoms with Crippen LogP contribution in [0, 0.1) is 23.2 Å². The van der Waals surface area contributed by atoms with Gasteiger partial charge in [0, 0.05) is 24.4 Å². The summed E-state index contributed by atoms with van der Waals surface area (Å²) in [6.07, 6.45) is 7.38. The van der Waals surface area contributed by atoms with Crippen molar-refractivity contribution in [2.24, 2.45) is 23.2 Å². The van der Waals surface area contributed by atoms with Crippen molar-refractivity contribution in [2.45, 2.75) is 52.0 Å². The molecule has 0 heterocycles. The van der Waals surface area contributed by atoms with Gasteiger partial charge in [-0.25, -0.2) is 0 Å². The molecule has 1 aromatic carbocycles. The Balaban J connectivity index is 1.57. The zero-order chi connectivity index (χ0) is 16.0. The summed E-state index contributed by atoms with van der Waals surface area (Å²) >= 11 is 0. The molecule has 0 aromatic heterocycles. The second-order valence-corrected chi connectivity index (χ2v) is 8.14. The fourth-order valence-electron chi connectivity index (χ4n) is 5.74. The molecule has 0 radical (unpaired) electrons.